The van der Waals surface area contributed by atoms with Gasteiger partial charge in [-0.05, 0) is 24.3 Å². The van der Waals surface area contributed by atoms with E-state index in [1.165, 1.54) is 7.11 Å². The predicted molar refractivity (Wildman–Crippen MR) is 103 cm³/mol. The highest BCUT2D eigenvalue weighted by atomic mass is 35.5. The number of hydrogen-bond donors (Lipinski definition) is 1. The smallest absolute Gasteiger partial charge is 0.358 e. The molecule has 0 amide bonds. The van der Waals surface area contributed by atoms with Gasteiger partial charge in [0.25, 0.3) is 0 Å². The molecule has 1 fully saturated rings. The molecule has 1 N–H and O–H groups in total. The molecule has 2 atom stereocenters. The number of rotatable bonds is 7. The zero-order valence-corrected chi connectivity index (χ0v) is 16.1. The van der Waals surface area contributed by atoms with Gasteiger partial charge in [0.1, 0.15) is 16.7 Å². The van der Waals surface area contributed by atoms with Crippen LogP contribution in [0.2, 0.25) is 5.02 Å². The molecular formula is C20H24ClN3O2. The van der Waals surface area contributed by atoms with Gasteiger partial charge in [-0.1, -0.05) is 62.2 Å². The van der Waals surface area contributed by atoms with E-state index >= 15 is 0 Å². The second-order valence-corrected chi connectivity index (χ2v) is 7.16. The van der Waals surface area contributed by atoms with Crippen LogP contribution in [0.5, 0.6) is 0 Å². The fourth-order valence-corrected chi connectivity index (χ4v) is 3.13. The Morgan fingerprint density at radius 3 is 2.58 bits per heavy atom. The third-order valence-electron chi connectivity index (χ3n) is 4.85. The first-order valence-corrected chi connectivity index (χ1v) is 9.40. The lowest BCUT2D eigenvalue weighted by atomic mass is 9.92. The minimum atomic E-state index is -0.540. The first kappa shape index (κ1) is 18.6. The van der Waals surface area contributed by atoms with E-state index in [1.807, 2.05) is 18.2 Å². The van der Waals surface area contributed by atoms with Crippen molar-refractivity contribution >= 4 is 23.4 Å². The number of methoxy groups -OCH3 is 1. The summed E-state index contributed by atoms with van der Waals surface area (Å²) in [5, 5.41) is 3.68. The Morgan fingerprint density at radius 2 is 2.00 bits per heavy atom. The van der Waals surface area contributed by atoms with E-state index in [2.05, 4.69) is 41.3 Å². The number of nitrogens with one attached hydrogen (secondary N) is 1. The average Bonchev–Trinajstić information content (AvgIpc) is 3.52. The molecule has 1 aromatic carbocycles. The quantitative estimate of drug-likeness (QED) is 0.692. The number of halogens is 1. The van der Waals surface area contributed by atoms with Crippen LogP contribution in [-0.2, 0) is 4.74 Å². The van der Waals surface area contributed by atoms with Gasteiger partial charge in [0.2, 0.25) is 0 Å². The second-order valence-electron chi connectivity index (χ2n) is 6.78. The molecule has 2 unspecified atom stereocenters. The predicted octanol–water partition coefficient (Wildman–Crippen LogP) is 4.99. The number of carbonyl (C=O) groups is 1. The van der Waals surface area contributed by atoms with Crippen molar-refractivity contribution in [2.75, 3.05) is 12.4 Å². The maximum Gasteiger partial charge on any atom is 0.358 e. The van der Waals surface area contributed by atoms with Crippen LogP contribution in [0.4, 0.5) is 5.82 Å². The van der Waals surface area contributed by atoms with Gasteiger partial charge in [0.15, 0.2) is 5.69 Å². The Hall–Kier alpha value is -2.14. The lowest BCUT2D eigenvalue weighted by Crippen LogP contribution is -2.21. The molecule has 6 heteroatoms. The lowest BCUT2D eigenvalue weighted by Gasteiger charge is -2.26. The summed E-state index contributed by atoms with van der Waals surface area (Å²) in [6.45, 7) is 4.34. The van der Waals surface area contributed by atoms with Gasteiger partial charge in [0, 0.05) is 5.92 Å². The van der Waals surface area contributed by atoms with Crippen LogP contribution in [0.15, 0.2) is 30.3 Å². The third-order valence-corrected chi connectivity index (χ3v) is 5.21. The Bertz CT molecular complexity index is 778. The van der Waals surface area contributed by atoms with Crippen LogP contribution in [-0.4, -0.2) is 23.0 Å². The highest BCUT2D eigenvalue weighted by Crippen LogP contribution is 2.40. The summed E-state index contributed by atoms with van der Waals surface area (Å²) in [6.07, 6.45) is 3.07. The van der Waals surface area contributed by atoms with Crippen molar-refractivity contribution < 1.29 is 9.53 Å². The van der Waals surface area contributed by atoms with Crippen LogP contribution >= 0.6 is 11.6 Å². The van der Waals surface area contributed by atoms with Crippen molar-refractivity contribution in [2.24, 2.45) is 5.92 Å². The van der Waals surface area contributed by atoms with Crippen molar-refractivity contribution in [1.82, 2.24) is 9.97 Å². The van der Waals surface area contributed by atoms with E-state index in [1.54, 1.807) is 0 Å². The molecule has 0 spiro atoms. The summed E-state index contributed by atoms with van der Waals surface area (Å²) in [6, 6.07) is 10.2. The Morgan fingerprint density at radius 1 is 1.31 bits per heavy atom. The topological polar surface area (TPSA) is 64.1 Å². The lowest BCUT2D eigenvalue weighted by molar-refractivity contribution is 0.0593. The molecule has 1 aliphatic rings. The Balaban J connectivity index is 2.00. The number of nitrogens with zero attached hydrogens (tertiary/aromatic N) is 2. The van der Waals surface area contributed by atoms with Gasteiger partial charge in [0.05, 0.1) is 13.2 Å². The van der Waals surface area contributed by atoms with Crippen LogP contribution in [0.1, 0.15) is 66.9 Å². The van der Waals surface area contributed by atoms with Crippen molar-refractivity contribution in [3.05, 3.63) is 52.4 Å². The van der Waals surface area contributed by atoms with Crippen molar-refractivity contribution in [1.29, 1.82) is 0 Å². The van der Waals surface area contributed by atoms with Gasteiger partial charge in [-0.15, -0.1) is 0 Å². The number of hydrogen-bond acceptors (Lipinski definition) is 5. The molecule has 0 aliphatic heterocycles. The minimum absolute atomic E-state index is 0.0335. The highest BCUT2D eigenvalue weighted by Gasteiger charge is 2.31. The zero-order chi connectivity index (χ0) is 18.7. The summed E-state index contributed by atoms with van der Waals surface area (Å²) in [7, 11) is 1.33. The normalized spacial score (nSPS) is 16.0. The maximum atomic E-state index is 12.1. The molecule has 1 heterocycles. The summed E-state index contributed by atoms with van der Waals surface area (Å²) < 4.78 is 4.84. The molecular weight excluding hydrogens is 350 g/mol. The number of carbonyl (C=O) groups excluding carboxylic acids is 1. The molecule has 1 saturated carbocycles. The first-order chi connectivity index (χ1) is 12.5. The van der Waals surface area contributed by atoms with Crippen LogP contribution in [0.3, 0.4) is 0 Å². The van der Waals surface area contributed by atoms with Gasteiger partial charge in [-0.25, -0.2) is 14.8 Å². The molecule has 3 rings (SSSR count). The molecule has 5 nitrogen and oxygen atoms in total. The highest BCUT2D eigenvalue weighted by molar-refractivity contribution is 6.35. The van der Waals surface area contributed by atoms with Crippen molar-refractivity contribution in [3.63, 3.8) is 0 Å². The van der Waals surface area contributed by atoms with Crippen LogP contribution < -0.4 is 5.32 Å². The third kappa shape index (κ3) is 3.98. The summed E-state index contributed by atoms with van der Waals surface area (Å²) >= 11 is 6.47. The molecule has 0 bridgehead atoms. The molecule has 1 aromatic heterocycles. The first-order valence-electron chi connectivity index (χ1n) is 9.02. The van der Waals surface area contributed by atoms with Gasteiger partial charge in [-0.2, -0.15) is 0 Å². The molecule has 138 valence electrons. The summed E-state index contributed by atoms with van der Waals surface area (Å²) in [5.74, 6) is 1.28. The largest absolute Gasteiger partial charge is 0.464 e. The van der Waals surface area contributed by atoms with E-state index in [9.17, 15) is 4.79 Å². The SMILES string of the molecule is CCC(C)C(Nc1nc(C2CC2)nc(C(=O)OC)c1Cl)c1ccccc1. The number of anilines is 1. The van der Waals surface area contributed by atoms with E-state index < -0.39 is 5.97 Å². The van der Waals surface area contributed by atoms with E-state index in [-0.39, 0.29) is 16.8 Å². The standard InChI is InChI=1S/C20H24ClN3O2/c1-4-12(2)16(13-8-6-5-7-9-13)22-19-15(21)17(20(25)26-3)23-18(24-19)14-10-11-14/h5-9,12,14,16H,4,10-11H2,1-3H3,(H,22,23,24). The van der Waals surface area contributed by atoms with Crippen LogP contribution in [0.25, 0.3) is 0 Å². The zero-order valence-electron chi connectivity index (χ0n) is 15.3. The van der Waals surface area contributed by atoms with E-state index in [4.69, 9.17) is 16.3 Å². The van der Waals surface area contributed by atoms with Gasteiger partial charge >= 0.3 is 5.97 Å². The number of esters is 1. The average molecular weight is 374 g/mol. The number of ether oxygens (including phenoxy) is 1. The fourth-order valence-electron chi connectivity index (χ4n) is 2.91. The van der Waals surface area contributed by atoms with Crippen molar-refractivity contribution in [3.8, 4) is 0 Å². The molecule has 0 radical (unpaired) electrons. The van der Waals surface area contributed by atoms with Crippen LogP contribution in [0, 0.1) is 5.92 Å². The Labute approximate surface area is 159 Å². The molecule has 0 saturated heterocycles. The van der Waals surface area contributed by atoms with E-state index in [0.29, 0.717) is 23.5 Å². The van der Waals surface area contributed by atoms with E-state index in [0.717, 1.165) is 24.8 Å². The minimum Gasteiger partial charge on any atom is -0.464 e. The summed E-state index contributed by atoms with van der Waals surface area (Å²) in [5.41, 5.74) is 1.29. The monoisotopic (exact) mass is 373 g/mol. The molecule has 26 heavy (non-hydrogen) atoms. The Kier molecular flexibility index (Phi) is 5.77. The maximum absolute atomic E-state index is 12.1. The summed E-state index contributed by atoms with van der Waals surface area (Å²) in [4.78, 5) is 21.1. The number of benzene rings is 1. The fraction of sp³-hybridized carbons (Fsp3) is 0.450. The molecule has 2 aromatic rings. The molecule has 1 aliphatic carbocycles. The second kappa shape index (κ2) is 8.04. The van der Waals surface area contributed by atoms with Gasteiger partial charge in [-0.3, -0.25) is 0 Å². The van der Waals surface area contributed by atoms with Crippen molar-refractivity contribution in [2.45, 2.75) is 45.1 Å². The van der Waals surface area contributed by atoms with Gasteiger partial charge < -0.3 is 10.1 Å². The number of aromatic nitrogens is 2.